The van der Waals surface area contributed by atoms with Crippen molar-refractivity contribution in [2.75, 3.05) is 7.05 Å². The summed E-state index contributed by atoms with van der Waals surface area (Å²) in [5, 5.41) is 10.9. The second-order valence-electron chi connectivity index (χ2n) is 4.95. The van der Waals surface area contributed by atoms with Crippen LogP contribution in [0, 0.1) is 17.0 Å². The predicted octanol–water partition coefficient (Wildman–Crippen LogP) is 2.77. The van der Waals surface area contributed by atoms with E-state index in [2.05, 4.69) is 4.98 Å². The van der Waals surface area contributed by atoms with Crippen LogP contribution in [-0.4, -0.2) is 32.3 Å². The lowest BCUT2D eigenvalue weighted by Crippen LogP contribution is -2.28. The van der Waals surface area contributed by atoms with E-state index < -0.39 is 17.4 Å². The number of imidazole rings is 1. The molecule has 23 heavy (non-hydrogen) atoms. The maximum atomic E-state index is 12.8. The first-order valence-electron chi connectivity index (χ1n) is 6.61. The zero-order valence-corrected chi connectivity index (χ0v) is 12.4. The number of aryl methyl sites for hydroxylation is 1. The molecule has 2 aromatic rings. The maximum absolute atomic E-state index is 12.8. The van der Waals surface area contributed by atoms with Gasteiger partial charge in [0.1, 0.15) is 5.82 Å². The van der Waals surface area contributed by atoms with Crippen LogP contribution in [0.5, 0.6) is 0 Å². The fraction of sp³-hybridized carbons (Fsp3) is 0.286. The third-order valence-electron chi connectivity index (χ3n) is 3.34. The third kappa shape index (κ3) is 3.50. The summed E-state index contributed by atoms with van der Waals surface area (Å²) >= 11 is 0. The third-order valence-corrected chi connectivity index (χ3v) is 3.34. The number of alkyl halides is 2. The molecule has 0 saturated heterocycles. The van der Waals surface area contributed by atoms with Gasteiger partial charge < -0.3 is 4.90 Å². The van der Waals surface area contributed by atoms with Gasteiger partial charge in [-0.05, 0) is 13.0 Å². The number of nitro groups is 1. The van der Waals surface area contributed by atoms with E-state index >= 15 is 0 Å². The van der Waals surface area contributed by atoms with Crippen LogP contribution in [0.25, 0.3) is 0 Å². The second-order valence-corrected chi connectivity index (χ2v) is 4.95. The maximum Gasteiger partial charge on any atom is 0.319 e. The average molecular weight is 324 g/mol. The highest BCUT2D eigenvalue weighted by molar-refractivity contribution is 5.94. The van der Waals surface area contributed by atoms with Crippen LogP contribution in [0.15, 0.2) is 30.6 Å². The standard InChI is InChI=1S/C14H14F2N4O3/c1-9-3-4-10(7-11(9)20(22)23)13(21)18(2)8-12-17-5-6-19(12)14(15)16/h3-7,14H,8H2,1-2H3. The summed E-state index contributed by atoms with van der Waals surface area (Å²) in [6.45, 7) is -1.33. The molecule has 0 radical (unpaired) electrons. The van der Waals surface area contributed by atoms with Crippen molar-refractivity contribution in [1.29, 1.82) is 0 Å². The van der Waals surface area contributed by atoms with Gasteiger partial charge in [0.2, 0.25) is 0 Å². The van der Waals surface area contributed by atoms with Crippen molar-refractivity contribution in [2.24, 2.45) is 0 Å². The molecule has 2 rings (SSSR count). The molecule has 9 heteroatoms. The minimum atomic E-state index is -2.75. The van der Waals surface area contributed by atoms with Gasteiger partial charge in [0.05, 0.1) is 11.5 Å². The molecule has 0 saturated carbocycles. The van der Waals surface area contributed by atoms with E-state index in [0.717, 1.165) is 6.20 Å². The summed E-state index contributed by atoms with van der Waals surface area (Å²) < 4.78 is 26.2. The number of amides is 1. The molecule has 1 aromatic heterocycles. The number of nitro benzene ring substituents is 1. The Morgan fingerprint density at radius 1 is 1.48 bits per heavy atom. The molecule has 1 amide bonds. The van der Waals surface area contributed by atoms with E-state index in [0.29, 0.717) is 10.1 Å². The van der Waals surface area contributed by atoms with Crippen LogP contribution in [-0.2, 0) is 6.54 Å². The van der Waals surface area contributed by atoms with Crippen molar-refractivity contribution >= 4 is 11.6 Å². The number of benzene rings is 1. The molecule has 0 aliphatic rings. The molecule has 0 spiro atoms. The molecule has 0 atom stereocenters. The van der Waals surface area contributed by atoms with Gasteiger partial charge in [0, 0.05) is 36.6 Å². The highest BCUT2D eigenvalue weighted by atomic mass is 19.3. The van der Waals surface area contributed by atoms with Gasteiger partial charge in [0.15, 0.2) is 0 Å². The topological polar surface area (TPSA) is 81.3 Å². The Labute approximate surface area is 130 Å². The Bertz CT molecular complexity index is 745. The summed E-state index contributed by atoms with van der Waals surface area (Å²) in [5.74, 6) is -0.491. The Kier molecular flexibility index (Phi) is 4.68. The molecule has 0 aliphatic carbocycles. The molecule has 0 fully saturated rings. The first kappa shape index (κ1) is 16.5. The first-order valence-corrected chi connectivity index (χ1v) is 6.61. The van der Waals surface area contributed by atoms with Crippen LogP contribution < -0.4 is 0 Å². The minimum absolute atomic E-state index is 0.0254. The van der Waals surface area contributed by atoms with Gasteiger partial charge >= 0.3 is 6.55 Å². The van der Waals surface area contributed by atoms with Crippen molar-refractivity contribution in [3.63, 3.8) is 0 Å². The van der Waals surface area contributed by atoms with E-state index in [-0.39, 0.29) is 23.6 Å². The van der Waals surface area contributed by atoms with Crippen LogP contribution in [0.2, 0.25) is 0 Å². The quantitative estimate of drug-likeness (QED) is 0.625. The second kappa shape index (κ2) is 6.51. The van der Waals surface area contributed by atoms with Gasteiger partial charge in [-0.3, -0.25) is 19.5 Å². The van der Waals surface area contributed by atoms with Gasteiger partial charge in [0.25, 0.3) is 11.6 Å². The van der Waals surface area contributed by atoms with E-state index in [4.69, 9.17) is 0 Å². The minimum Gasteiger partial charge on any atom is -0.334 e. The Morgan fingerprint density at radius 3 is 2.78 bits per heavy atom. The number of carbonyl (C=O) groups excluding carboxylic acids is 1. The van der Waals surface area contributed by atoms with Crippen LogP contribution in [0.3, 0.4) is 0 Å². The van der Waals surface area contributed by atoms with Gasteiger partial charge in [-0.25, -0.2) is 4.98 Å². The smallest absolute Gasteiger partial charge is 0.319 e. The number of halogens is 2. The van der Waals surface area contributed by atoms with Crippen LogP contribution >= 0.6 is 0 Å². The monoisotopic (exact) mass is 324 g/mol. The zero-order chi connectivity index (χ0) is 17.1. The largest absolute Gasteiger partial charge is 0.334 e. The summed E-state index contributed by atoms with van der Waals surface area (Å²) in [4.78, 5) is 27.6. The lowest BCUT2D eigenvalue weighted by atomic mass is 10.1. The van der Waals surface area contributed by atoms with E-state index in [9.17, 15) is 23.7 Å². The summed E-state index contributed by atoms with van der Waals surface area (Å²) in [6.07, 6.45) is 2.34. The van der Waals surface area contributed by atoms with Crippen molar-refractivity contribution in [1.82, 2.24) is 14.5 Å². The fourth-order valence-electron chi connectivity index (χ4n) is 2.09. The summed E-state index contributed by atoms with van der Waals surface area (Å²) in [7, 11) is 1.42. The first-order chi connectivity index (χ1) is 10.8. The van der Waals surface area contributed by atoms with Crippen LogP contribution in [0.4, 0.5) is 14.5 Å². The van der Waals surface area contributed by atoms with Gasteiger partial charge in [-0.1, -0.05) is 6.07 Å². The fourth-order valence-corrected chi connectivity index (χ4v) is 2.09. The van der Waals surface area contributed by atoms with Crippen molar-refractivity contribution in [3.8, 4) is 0 Å². The molecule has 122 valence electrons. The molecule has 0 aliphatic heterocycles. The number of hydrogen-bond donors (Lipinski definition) is 0. The molecular weight excluding hydrogens is 310 g/mol. The van der Waals surface area contributed by atoms with E-state index in [1.807, 2.05) is 0 Å². The van der Waals surface area contributed by atoms with Crippen molar-refractivity contribution in [3.05, 3.63) is 57.7 Å². The summed E-state index contributed by atoms with van der Waals surface area (Å²) in [5.41, 5.74) is 0.376. The number of nitrogens with zero attached hydrogens (tertiary/aromatic N) is 4. The molecule has 0 N–H and O–H groups in total. The SMILES string of the molecule is Cc1ccc(C(=O)N(C)Cc2nccn2C(F)F)cc1[N+](=O)[O-]. The zero-order valence-electron chi connectivity index (χ0n) is 12.4. The Balaban J connectivity index is 2.21. The van der Waals surface area contributed by atoms with Crippen LogP contribution in [0.1, 0.15) is 28.3 Å². The lowest BCUT2D eigenvalue weighted by Gasteiger charge is -2.17. The predicted molar refractivity (Wildman–Crippen MR) is 77.1 cm³/mol. The lowest BCUT2D eigenvalue weighted by molar-refractivity contribution is -0.385. The number of hydrogen-bond acceptors (Lipinski definition) is 4. The molecule has 0 unspecified atom stereocenters. The van der Waals surface area contributed by atoms with Crippen molar-refractivity contribution in [2.45, 2.75) is 20.0 Å². The number of rotatable bonds is 5. The average Bonchev–Trinajstić information content (AvgIpc) is 2.95. The summed E-state index contributed by atoms with van der Waals surface area (Å²) in [6, 6.07) is 4.10. The number of aromatic nitrogens is 2. The molecule has 1 heterocycles. The van der Waals surface area contributed by atoms with E-state index in [1.165, 1.54) is 36.3 Å². The van der Waals surface area contributed by atoms with Crippen molar-refractivity contribution < 1.29 is 18.5 Å². The van der Waals surface area contributed by atoms with Gasteiger partial charge in [-0.15, -0.1) is 0 Å². The van der Waals surface area contributed by atoms with Gasteiger partial charge in [-0.2, -0.15) is 8.78 Å². The molecule has 1 aromatic carbocycles. The normalized spacial score (nSPS) is 10.8. The highest BCUT2D eigenvalue weighted by Gasteiger charge is 2.20. The Morgan fingerprint density at radius 2 is 2.17 bits per heavy atom. The molecule has 7 nitrogen and oxygen atoms in total. The van der Waals surface area contributed by atoms with E-state index in [1.54, 1.807) is 6.92 Å². The molecule has 0 bridgehead atoms. The number of carbonyl (C=O) groups is 1. The highest BCUT2D eigenvalue weighted by Crippen LogP contribution is 2.21. The molecular formula is C14H14F2N4O3. The Hall–Kier alpha value is -2.84.